The molecule has 2 rings (SSSR count). The van der Waals surface area contributed by atoms with Crippen molar-refractivity contribution in [2.75, 3.05) is 6.61 Å². The van der Waals surface area contributed by atoms with Crippen LogP contribution in [0.1, 0.15) is 17.3 Å². The molecule has 1 aromatic rings. The number of hydrogen-bond acceptors (Lipinski definition) is 3. The van der Waals surface area contributed by atoms with Gasteiger partial charge in [0.15, 0.2) is 0 Å². The van der Waals surface area contributed by atoms with E-state index in [1.54, 1.807) is 18.2 Å². The second kappa shape index (κ2) is 3.09. The second-order valence-electron chi connectivity index (χ2n) is 3.02. The zero-order chi connectivity index (χ0) is 9.26. The molecule has 0 saturated heterocycles. The second-order valence-corrected chi connectivity index (χ2v) is 3.02. The van der Waals surface area contributed by atoms with E-state index < -0.39 is 0 Å². The fourth-order valence-electron chi connectivity index (χ4n) is 1.25. The van der Waals surface area contributed by atoms with Crippen LogP contribution in [0, 0.1) is 0 Å². The molecule has 3 heteroatoms. The van der Waals surface area contributed by atoms with E-state index in [1.807, 2.05) is 13.0 Å². The van der Waals surface area contributed by atoms with Gasteiger partial charge in [-0.15, -0.1) is 0 Å². The number of cyclic esters (lactones) is 1. The minimum Gasteiger partial charge on any atom is -0.489 e. The lowest BCUT2D eigenvalue weighted by Crippen LogP contribution is -2.17. The fourth-order valence-corrected chi connectivity index (χ4v) is 1.25. The topological polar surface area (TPSA) is 35.5 Å². The molecule has 0 aromatic heterocycles. The molecule has 3 nitrogen and oxygen atoms in total. The number of benzene rings is 1. The lowest BCUT2D eigenvalue weighted by molar-refractivity contribution is 0.0288. The van der Waals surface area contributed by atoms with Crippen LogP contribution in [0.15, 0.2) is 24.3 Å². The molecule has 0 N–H and O–H groups in total. The standard InChI is InChI=1S/C10H10O3/c1-7-6-12-9-5-3-2-4-8(9)10(11)13-7/h2-5,7H,6H2,1H3. The van der Waals surface area contributed by atoms with Crippen molar-refractivity contribution in [1.29, 1.82) is 0 Å². The van der Waals surface area contributed by atoms with Gasteiger partial charge in [0.05, 0.1) is 0 Å². The Kier molecular flexibility index (Phi) is 1.93. The Labute approximate surface area is 76.3 Å². The van der Waals surface area contributed by atoms with Gasteiger partial charge in [0.2, 0.25) is 0 Å². The van der Waals surface area contributed by atoms with Crippen LogP contribution in [0.25, 0.3) is 0 Å². The lowest BCUT2D eigenvalue weighted by Gasteiger charge is -2.06. The Morgan fingerprint density at radius 3 is 3.00 bits per heavy atom. The summed E-state index contributed by atoms with van der Waals surface area (Å²) in [5.41, 5.74) is 0.506. The molecular weight excluding hydrogens is 168 g/mol. The summed E-state index contributed by atoms with van der Waals surface area (Å²) in [6, 6.07) is 7.10. The maximum atomic E-state index is 11.4. The predicted molar refractivity (Wildman–Crippen MR) is 46.8 cm³/mol. The Morgan fingerprint density at radius 2 is 2.15 bits per heavy atom. The summed E-state index contributed by atoms with van der Waals surface area (Å²) in [5.74, 6) is 0.303. The van der Waals surface area contributed by atoms with Crippen LogP contribution in [-0.4, -0.2) is 18.7 Å². The van der Waals surface area contributed by atoms with Crippen molar-refractivity contribution < 1.29 is 14.3 Å². The van der Waals surface area contributed by atoms with E-state index >= 15 is 0 Å². The van der Waals surface area contributed by atoms with E-state index in [0.717, 1.165) is 0 Å². The minimum atomic E-state index is -0.305. The molecule has 0 aliphatic carbocycles. The Bertz CT molecular complexity index is 333. The fraction of sp³-hybridized carbons (Fsp3) is 0.300. The Balaban J connectivity index is 2.40. The third-order valence-electron chi connectivity index (χ3n) is 1.89. The molecule has 0 amide bonds. The molecule has 1 aliphatic rings. The first-order chi connectivity index (χ1) is 6.27. The van der Waals surface area contributed by atoms with Crippen molar-refractivity contribution in [2.45, 2.75) is 13.0 Å². The molecule has 0 radical (unpaired) electrons. The molecule has 1 aromatic carbocycles. The highest BCUT2D eigenvalue weighted by Crippen LogP contribution is 2.22. The molecule has 1 unspecified atom stereocenters. The number of ether oxygens (including phenoxy) is 2. The van der Waals surface area contributed by atoms with Gasteiger partial charge in [-0.2, -0.15) is 0 Å². The number of para-hydroxylation sites is 1. The van der Waals surface area contributed by atoms with Crippen LogP contribution >= 0.6 is 0 Å². The summed E-state index contributed by atoms with van der Waals surface area (Å²) in [6.45, 7) is 2.23. The van der Waals surface area contributed by atoms with Gasteiger partial charge in [-0.25, -0.2) is 4.79 Å². The number of hydrogen-bond donors (Lipinski definition) is 0. The van der Waals surface area contributed by atoms with Crippen LogP contribution in [0.3, 0.4) is 0 Å². The Morgan fingerprint density at radius 1 is 1.38 bits per heavy atom. The highest BCUT2D eigenvalue weighted by Gasteiger charge is 2.20. The first kappa shape index (κ1) is 8.10. The van der Waals surface area contributed by atoms with Crippen molar-refractivity contribution in [1.82, 2.24) is 0 Å². The van der Waals surface area contributed by atoms with Crippen molar-refractivity contribution >= 4 is 5.97 Å². The van der Waals surface area contributed by atoms with Gasteiger partial charge < -0.3 is 9.47 Å². The van der Waals surface area contributed by atoms with Crippen molar-refractivity contribution in [3.63, 3.8) is 0 Å². The third kappa shape index (κ3) is 1.49. The van der Waals surface area contributed by atoms with Gasteiger partial charge in [0, 0.05) is 0 Å². The number of carbonyl (C=O) groups is 1. The van der Waals surface area contributed by atoms with Gasteiger partial charge in [-0.05, 0) is 19.1 Å². The van der Waals surface area contributed by atoms with E-state index in [9.17, 15) is 4.79 Å². The van der Waals surface area contributed by atoms with Gasteiger partial charge in [-0.1, -0.05) is 12.1 Å². The molecule has 0 fully saturated rings. The summed E-state index contributed by atoms with van der Waals surface area (Å²) in [5, 5.41) is 0. The normalized spacial score (nSPS) is 21.0. The van der Waals surface area contributed by atoms with Crippen molar-refractivity contribution in [3.05, 3.63) is 29.8 Å². The maximum absolute atomic E-state index is 11.4. The average molecular weight is 178 g/mol. The quantitative estimate of drug-likeness (QED) is 0.566. The predicted octanol–water partition coefficient (Wildman–Crippen LogP) is 1.62. The lowest BCUT2D eigenvalue weighted by atomic mass is 10.2. The van der Waals surface area contributed by atoms with Crippen molar-refractivity contribution in [2.24, 2.45) is 0 Å². The van der Waals surface area contributed by atoms with Crippen LogP contribution < -0.4 is 4.74 Å². The van der Waals surface area contributed by atoms with Gasteiger partial charge in [-0.3, -0.25) is 0 Å². The van der Waals surface area contributed by atoms with E-state index in [4.69, 9.17) is 9.47 Å². The van der Waals surface area contributed by atoms with E-state index in [-0.39, 0.29) is 12.1 Å². The average Bonchev–Trinajstić information content (AvgIpc) is 2.27. The number of esters is 1. The SMILES string of the molecule is CC1COc2ccccc2C(=O)O1. The maximum Gasteiger partial charge on any atom is 0.342 e. The smallest absolute Gasteiger partial charge is 0.342 e. The van der Waals surface area contributed by atoms with Gasteiger partial charge >= 0.3 is 5.97 Å². The number of rotatable bonds is 0. The highest BCUT2D eigenvalue weighted by molar-refractivity contribution is 5.92. The highest BCUT2D eigenvalue weighted by atomic mass is 16.6. The molecule has 0 saturated carbocycles. The summed E-state index contributed by atoms with van der Waals surface area (Å²) in [6.07, 6.45) is -0.181. The summed E-state index contributed by atoms with van der Waals surface area (Å²) < 4.78 is 10.5. The summed E-state index contributed by atoms with van der Waals surface area (Å²) >= 11 is 0. The summed E-state index contributed by atoms with van der Waals surface area (Å²) in [4.78, 5) is 11.4. The molecule has 1 heterocycles. The third-order valence-corrected chi connectivity index (χ3v) is 1.89. The van der Waals surface area contributed by atoms with Crippen LogP contribution in [0.5, 0.6) is 5.75 Å². The number of fused-ring (bicyclic) bond motifs is 1. The van der Waals surface area contributed by atoms with E-state index in [2.05, 4.69) is 0 Å². The number of carbonyl (C=O) groups excluding carboxylic acids is 1. The molecule has 13 heavy (non-hydrogen) atoms. The Hall–Kier alpha value is -1.51. The zero-order valence-corrected chi connectivity index (χ0v) is 7.32. The largest absolute Gasteiger partial charge is 0.489 e. The molecular formula is C10H10O3. The van der Waals surface area contributed by atoms with Gasteiger partial charge in [0.25, 0.3) is 0 Å². The summed E-state index contributed by atoms with van der Waals surface area (Å²) in [7, 11) is 0. The van der Waals surface area contributed by atoms with Crippen LogP contribution in [0.4, 0.5) is 0 Å². The molecule has 68 valence electrons. The zero-order valence-electron chi connectivity index (χ0n) is 7.32. The first-order valence-electron chi connectivity index (χ1n) is 4.20. The van der Waals surface area contributed by atoms with Crippen LogP contribution in [-0.2, 0) is 4.74 Å². The molecule has 0 spiro atoms. The van der Waals surface area contributed by atoms with Crippen LogP contribution in [0.2, 0.25) is 0 Å². The molecule has 1 aliphatic heterocycles. The van der Waals surface area contributed by atoms with E-state index in [1.165, 1.54) is 0 Å². The van der Waals surface area contributed by atoms with E-state index in [0.29, 0.717) is 17.9 Å². The first-order valence-corrected chi connectivity index (χ1v) is 4.20. The van der Waals surface area contributed by atoms with Gasteiger partial charge in [0.1, 0.15) is 24.0 Å². The van der Waals surface area contributed by atoms with Crippen molar-refractivity contribution in [3.8, 4) is 5.75 Å². The molecule has 1 atom stereocenters. The minimum absolute atomic E-state index is 0.181. The molecule has 0 bridgehead atoms. The monoisotopic (exact) mass is 178 g/mol.